The van der Waals surface area contributed by atoms with E-state index in [1.54, 1.807) is 0 Å². The van der Waals surface area contributed by atoms with Crippen LogP contribution in [0.5, 0.6) is 0 Å². The Morgan fingerprint density at radius 2 is 1.90 bits per heavy atom. The van der Waals surface area contributed by atoms with Crippen molar-refractivity contribution in [1.82, 2.24) is 10.6 Å². The van der Waals surface area contributed by atoms with E-state index < -0.39 is 11.9 Å². The number of rotatable bonds is 7. The van der Waals surface area contributed by atoms with Crippen LogP contribution in [0.3, 0.4) is 0 Å². The zero-order chi connectivity index (χ0) is 15.2. The molecular formula is C15H28N2O3. The van der Waals surface area contributed by atoms with E-state index in [9.17, 15) is 14.7 Å². The van der Waals surface area contributed by atoms with Crippen molar-refractivity contribution in [1.29, 1.82) is 0 Å². The van der Waals surface area contributed by atoms with E-state index in [0.717, 1.165) is 32.4 Å². The van der Waals surface area contributed by atoms with Gasteiger partial charge in [0.15, 0.2) is 0 Å². The molecule has 5 heteroatoms. The third kappa shape index (κ3) is 4.47. The standard InChI is InChI=1S/C15H28N2O3/c1-4-15(5-7-16-8-6-15)14(20)17-10-12(13(18)19)9-11(2)3/h11-12,16H,4-10H2,1-3H3,(H,17,20)(H,18,19). The lowest BCUT2D eigenvalue weighted by Gasteiger charge is -2.35. The van der Waals surface area contributed by atoms with Crippen molar-refractivity contribution < 1.29 is 14.7 Å². The molecule has 0 aromatic carbocycles. The predicted molar refractivity (Wildman–Crippen MR) is 78.4 cm³/mol. The minimum atomic E-state index is -0.824. The smallest absolute Gasteiger partial charge is 0.308 e. The molecule has 1 saturated heterocycles. The zero-order valence-electron chi connectivity index (χ0n) is 12.9. The highest BCUT2D eigenvalue weighted by molar-refractivity contribution is 5.83. The molecule has 0 bridgehead atoms. The van der Waals surface area contributed by atoms with Crippen LogP contribution in [0.15, 0.2) is 0 Å². The largest absolute Gasteiger partial charge is 0.481 e. The fourth-order valence-corrected chi connectivity index (χ4v) is 2.89. The summed E-state index contributed by atoms with van der Waals surface area (Å²) < 4.78 is 0. The number of aliphatic carboxylic acids is 1. The van der Waals surface area contributed by atoms with Crippen LogP contribution in [-0.4, -0.2) is 36.6 Å². The van der Waals surface area contributed by atoms with Gasteiger partial charge in [0.2, 0.25) is 5.91 Å². The molecule has 1 heterocycles. The molecule has 0 spiro atoms. The van der Waals surface area contributed by atoms with Crippen molar-refractivity contribution in [2.75, 3.05) is 19.6 Å². The Balaban J connectivity index is 2.57. The summed E-state index contributed by atoms with van der Waals surface area (Å²) in [5, 5.41) is 15.4. The lowest BCUT2D eigenvalue weighted by molar-refractivity contribution is -0.142. The topological polar surface area (TPSA) is 78.4 Å². The lowest BCUT2D eigenvalue weighted by Crippen LogP contribution is -2.48. The van der Waals surface area contributed by atoms with Crippen LogP contribution in [0.2, 0.25) is 0 Å². The summed E-state index contributed by atoms with van der Waals surface area (Å²) in [6, 6.07) is 0. The maximum atomic E-state index is 12.4. The summed E-state index contributed by atoms with van der Waals surface area (Å²) in [7, 11) is 0. The molecule has 1 aliphatic rings. The molecule has 1 amide bonds. The van der Waals surface area contributed by atoms with E-state index >= 15 is 0 Å². The van der Waals surface area contributed by atoms with Crippen molar-refractivity contribution in [3.8, 4) is 0 Å². The molecule has 3 N–H and O–H groups in total. The van der Waals surface area contributed by atoms with E-state index in [4.69, 9.17) is 0 Å². The minimum absolute atomic E-state index is 0.0245. The van der Waals surface area contributed by atoms with E-state index in [2.05, 4.69) is 10.6 Å². The summed E-state index contributed by atoms with van der Waals surface area (Å²) in [4.78, 5) is 23.6. The number of carbonyl (C=O) groups is 2. The average molecular weight is 284 g/mol. The van der Waals surface area contributed by atoms with Crippen molar-refractivity contribution in [3.05, 3.63) is 0 Å². The van der Waals surface area contributed by atoms with Crippen molar-refractivity contribution in [2.24, 2.45) is 17.3 Å². The van der Waals surface area contributed by atoms with Crippen LogP contribution >= 0.6 is 0 Å². The minimum Gasteiger partial charge on any atom is -0.481 e. The van der Waals surface area contributed by atoms with Crippen LogP contribution < -0.4 is 10.6 Å². The Morgan fingerprint density at radius 1 is 1.30 bits per heavy atom. The SMILES string of the molecule is CCC1(C(=O)NCC(CC(C)C)C(=O)O)CCNCC1. The molecular weight excluding hydrogens is 256 g/mol. The molecule has 5 nitrogen and oxygen atoms in total. The van der Waals surface area contributed by atoms with Gasteiger partial charge in [-0.3, -0.25) is 9.59 Å². The first-order chi connectivity index (χ1) is 9.41. The fourth-order valence-electron chi connectivity index (χ4n) is 2.89. The van der Waals surface area contributed by atoms with E-state index in [1.165, 1.54) is 0 Å². The van der Waals surface area contributed by atoms with Gasteiger partial charge in [-0.05, 0) is 44.7 Å². The molecule has 0 aliphatic carbocycles. The van der Waals surface area contributed by atoms with Gasteiger partial charge in [0.05, 0.1) is 11.3 Å². The Labute approximate surface area is 121 Å². The summed E-state index contributed by atoms with van der Waals surface area (Å²) >= 11 is 0. The predicted octanol–water partition coefficient (Wildman–Crippen LogP) is 1.63. The molecule has 0 aromatic heterocycles. The van der Waals surface area contributed by atoms with Crippen molar-refractivity contribution in [3.63, 3.8) is 0 Å². The maximum absolute atomic E-state index is 12.4. The molecule has 1 unspecified atom stereocenters. The van der Waals surface area contributed by atoms with Crippen molar-refractivity contribution >= 4 is 11.9 Å². The number of hydrogen-bond acceptors (Lipinski definition) is 3. The van der Waals surface area contributed by atoms with E-state index in [1.807, 2.05) is 20.8 Å². The molecule has 0 radical (unpaired) electrons. The number of piperidine rings is 1. The molecule has 20 heavy (non-hydrogen) atoms. The molecule has 1 rings (SSSR count). The fraction of sp³-hybridized carbons (Fsp3) is 0.867. The molecule has 1 atom stereocenters. The quantitative estimate of drug-likeness (QED) is 0.664. The van der Waals surface area contributed by atoms with Crippen LogP contribution in [-0.2, 0) is 9.59 Å². The van der Waals surface area contributed by atoms with Crippen LogP contribution in [0.25, 0.3) is 0 Å². The van der Waals surface area contributed by atoms with Gasteiger partial charge in [-0.2, -0.15) is 0 Å². The zero-order valence-corrected chi connectivity index (χ0v) is 12.9. The van der Waals surface area contributed by atoms with Gasteiger partial charge >= 0.3 is 5.97 Å². The Kier molecular flexibility index (Phi) is 6.46. The normalized spacial score (nSPS) is 19.6. The summed E-state index contributed by atoms with van der Waals surface area (Å²) in [5.74, 6) is -0.979. The number of carboxylic acid groups (broad SMARTS) is 1. The van der Waals surface area contributed by atoms with Gasteiger partial charge < -0.3 is 15.7 Å². The highest BCUT2D eigenvalue weighted by Gasteiger charge is 2.37. The van der Waals surface area contributed by atoms with Crippen LogP contribution in [0.1, 0.15) is 46.5 Å². The highest BCUT2D eigenvalue weighted by atomic mass is 16.4. The highest BCUT2D eigenvalue weighted by Crippen LogP contribution is 2.32. The van der Waals surface area contributed by atoms with Gasteiger partial charge in [0.25, 0.3) is 0 Å². The molecule has 1 fully saturated rings. The number of hydrogen-bond donors (Lipinski definition) is 3. The van der Waals surface area contributed by atoms with Gasteiger partial charge in [-0.1, -0.05) is 20.8 Å². The first-order valence-electron chi connectivity index (χ1n) is 7.63. The summed E-state index contributed by atoms with van der Waals surface area (Å²) in [6.45, 7) is 7.98. The third-order valence-electron chi connectivity index (χ3n) is 4.33. The second-order valence-electron chi connectivity index (χ2n) is 6.26. The first-order valence-corrected chi connectivity index (χ1v) is 7.63. The van der Waals surface area contributed by atoms with Crippen LogP contribution in [0.4, 0.5) is 0 Å². The van der Waals surface area contributed by atoms with Gasteiger partial charge in [0.1, 0.15) is 0 Å². The molecule has 116 valence electrons. The van der Waals surface area contributed by atoms with Crippen LogP contribution in [0, 0.1) is 17.3 Å². The second-order valence-corrected chi connectivity index (χ2v) is 6.26. The monoisotopic (exact) mass is 284 g/mol. The van der Waals surface area contributed by atoms with E-state index in [0.29, 0.717) is 12.3 Å². The number of amides is 1. The third-order valence-corrected chi connectivity index (χ3v) is 4.33. The lowest BCUT2D eigenvalue weighted by atomic mass is 9.75. The van der Waals surface area contributed by atoms with Gasteiger partial charge in [-0.25, -0.2) is 0 Å². The van der Waals surface area contributed by atoms with Gasteiger partial charge in [-0.15, -0.1) is 0 Å². The number of nitrogens with one attached hydrogen (secondary N) is 2. The Hall–Kier alpha value is -1.10. The van der Waals surface area contributed by atoms with E-state index in [-0.39, 0.29) is 17.9 Å². The van der Waals surface area contributed by atoms with Crippen molar-refractivity contribution in [2.45, 2.75) is 46.5 Å². The number of carbonyl (C=O) groups excluding carboxylic acids is 1. The molecule has 0 saturated carbocycles. The summed E-state index contributed by atoms with van der Waals surface area (Å²) in [6.07, 6.45) is 3.06. The molecule has 0 aromatic rings. The molecule has 1 aliphatic heterocycles. The maximum Gasteiger partial charge on any atom is 0.308 e. The first kappa shape index (κ1) is 17.0. The Bertz CT molecular complexity index is 336. The number of carboxylic acids is 1. The van der Waals surface area contributed by atoms with Gasteiger partial charge in [0, 0.05) is 6.54 Å². The Morgan fingerprint density at radius 3 is 2.35 bits per heavy atom. The second kappa shape index (κ2) is 7.62. The average Bonchev–Trinajstić information content (AvgIpc) is 2.43. The summed E-state index contributed by atoms with van der Waals surface area (Å²) in [5.41, 5.74) is -0.313.